The predicted octanol–water partition coefficient (Wildman–Crippen LogP) is 2.21. The molecular formula is C29H24O12. The summed E-state index contributed by atoms with van der Waals surface area (Å²) in [5.41, 5.74) is -0.578. The highest BCUT2D eigenvalue weighted by Gasteiger charge is 2.36. The summed E-state index contributed by atoms with van der Waals surface area (Å²) in [5, 5.41) is 93.5. The lowest BCUT2D eigenvalue weighted by molar-refractivity contribution is 0.0193. The maximum absolute atomic E-state index is 13.2. The third kappa shape index (κ3) is 4.20. The fourth-order valence-electron chi connectivity index (χ4n) is 5.52. The van der Waals surface area contributed by atoms with Gasteiger partial charge in [-0.25, -0.2) is 0 Å². The minimum atomic E-state index is -1.34. The summed E-state index contributed by atoms with van der Waals surface area (Å²) >= 11 is 0. The number of hydrogen-bond donors (Lipinski definition) is 9. The van der Waals surface area contributed by atoms with Gasteiger partial charge in [-0.05, 0) is 29.1 Å². The van der Waals surface area contributed by atoms with Gasteiger partial charge in [-0.1, -0.05) is 0 Å². The van der Waals surface area contributed by atoms with Crippen molar-refractivity contribution in [2.75, 3.05) is 0 Å². The Bertz CT molecular complexity index is 1800. The molecule has 0 saturated heterocycles. The molecule has 0 unspecified atom stereocenters. The molecule has 0 aliphatic carbocycles. The lowest BCUT2D eigenvalue weighted by Gasteiger charge is -2.32. The molecular weight excluding hydrogens is 540 g/mol. The van der Waals surface area contributed by atoms with E-state index in [2.05, 4.69) is 0 Å². The van der Waals surface area contributed by atoms with Crippen molar-refractivity contribution in [3.63, 3.8) is 0 Å². The van der Waals surface area contributed by atoms with Gasteiger partial charge in [-0.3, -0.25) is 4.79 Å². The first-order valence-corrected chi connectivity index (χ1v) is 12.5. The number of phenols is 6. The summed E-state index contributed by atoms with van der Waals surface area (Å²) in [7, 11) is 0. The Kier molecular flexibility index (Phi) is 5.90. The van der Waals surface area contributed by atoms with E-state index < -0.39 is 52.5 Å². The number of hydrogen-bond acceptors (Lipinski definition) is 12. The maximum atomic E-state index is 13.2. The molecule has 0 saturated carbocycles. The smallest absolute Gasteiger partial charge is 0.231 e. The van der Waals surface area contributed by atoms with Crippen molar-refractivity contribution >= 4 is 10.8 Å². The van der Waals surface area contributed by atoms with Crippen LogP contribution < -0.4 is 14.9 Å². The summed E-state index contributed by atoms with van der Waals surface area (Å²) in [5.74, 6) is -3.57. The highest BCUT2D eigenvalue weighted by atomic mass is 16.5. The van der Waals surface area contributed by atoms with Crippen LogP contribution >= 0.6 is 0 Å². The summed E-state index contributed by atoms with van der Waals surface area (Å²) in [4.78, 5) is 13.2. The average Bonchev–Trinajstić information content (AvgIpc) is 3.03. The van der Waals surface area contributed by atoms with E-state index in [0.717, 1.165) is 24.3 Å². The van der Waals surface area contributed by atoms with E-state index in [1.807, 2.05) is 0 Å². The molecule has 2 aliphatic rings. The molecule has 0 aromatic heterocycles. The minimum absolute atomic E-state index is 0.00576. The van der Waals surface area contributed by atoms with Crippen molar-refractivity contribution in [3.05, 3.63) is 74.9 Å². The van der Waals surface area contributed by atoms with Crippen LogP contribution in [0.25, 0.3) is 10.8 Å². The van der Waals surface area contributed by atoms with Gasteiger partial charge in [0.1, 0.15) is 40.6 Å². The minimum Gasteiger partial charge on any atom is -0.508 e. The first-order valence-electron chi connectivity index (χ1n) is 12.5. The van der Waals surface area contributed by atoms with Crippen LogP contribution in [0.2, 0.25) is 0 Å². The van der Waals surface area contributed by atoms with Gasteiger partial charge in [-0.15, -0.1) is 0 Å². The van der Waals surface area contributed by atoms with E-state index in [0.29, 0.717) is 0 Å². The molecule has 0 bridgehead atoms. The lowest BCUT2D eigenvalue weighted by atomic mass is 9.90. The molecule has 4 aromatic rings. The number of aliphatic hydroxyl groups excluding tert-OH is 2. The maximum Gasteiger partial charge on any atom is 0.231 e. The number of phenolic OH excluding ortho intramolecular Hbond substituents is 6. The van der Waals surface area contributed by atoms with Crippen molar-refractivity contribution in [1.29, 1.82) is 0 Å². The van der Waals surface area contributed by atoms with E-state index in [4.69, 9.17) is 9.47 Å². The first-order chi connectivity index (χ1) is 19.4. The topological polar surface area (TPSA) is 218 Å². The quantitative estimate of drug-likeness (QED) is 0.160. The van der Waals surface area contributed by atoms with E-state index in [1.54, 1.807) is 0 Å². The fourth-order valence-corrected chi connectivity index (χ4v) is 5.52. The Morgan fingerprint density at radius 1 is 0.610 bits per heavy atom. The van der Waals surface area contributed by atoms with Crippen molar-refractivity contribution < 1.29 is 55.4 Å². The molecule has 12 heteroatoms. The van der Waals surface area contributed by atoms with Gasteiger partial charge in [-0.2, -0.15) is 0 Å². The Hall–Kier alpha value is -5.07. The van der Waals surface area contributed by atoms with Gasteiger partial charge in [0.25, 0.3) is 0 Å². The highest BCUT2D eigenvalue weighted by molar-refractivity contribution is 5.94. The lowest BCUT2D eigenvalue weighted by Crippen LogP contribution is -2.31. The van der Waals surface area contributed by atoms with E-state index in [-0.39, 0.29) is 75.0 Å². The standard InChI is InChI=1S/C29H24O12/c30-11-3-17(32)15-8-21(36)28(40-23(15)5-11)10-1-13-14(7-20(35)27(39)25(13)26(38)19(34)2-10)29-22(37)9-16-18(33)4-12(31)6-24(16)41-29/h1-7,21-22,28-33,35-37,39H,8-9H2,(H,34,38)/t21-,22-,28-,29+/m1/s1. The summed E-state index contributed by atoms with van der Waals surface area (Å²) in [6.07, 6.45) is -5.40. The molecule has 4 atom stereocenters. The zero-order chi connectivity index (χ0) is 29.3. The molecule has 41 heavy (non-hydrogen) atoms. The third-order valence-corrected chi connectivity index (χ3v) is 7.43. The zero-order valence-electron chi connectivity index (χ0n) is 21.0. The summed E-state index contributed by atoms with van der Waals surface area (Å²) in [6.45, 7) is 0. The number of ether oxygens (including phenoxy) is 2. The van der Waals surface area contributed by atoms with E-state index in [9.17, 15) is 50.8 Å². The second-order valence-corrected chi connectivity index (χ2v) is 10.1. The summed E-state index contributed by atoms with van der Waals surface area (Å²) in [6, 6.07) is 8.05. The zero-order valence-corrected chi connectivity index (χ0v) is 21.0. The summed E-state index contributed by atoms with van der Waals surface area (Å²) < 4.78 is 11.8. The van der Waals surface area contributed by atoms with Crippen LogP contribution in [0.3, 0.4) is 0 Å². The number of aliphatic hydroxyl groups is 2. The van der Waals surface area contributed by atoms with Crippen LogP contribution in [-0.4, -0.2) is 58.2 Å². The molecule has 12 nitrogen and oxygen atoms in total. The molecule has 0 fully saturated rings. The molecule has 9 N–H and O–H groups in total. The molecule has 2 aliphatic heterocycles. The molecule has 0 spiro atoms. The van der Waals surface area contributed by atoms with Crippen LogP contribution in [-0.2, 0) is 12.8 Å². The third-order valence-electron chi connectivity index (χ3n) is 7.43. The number of fused-ring (bicyclic) bond motifs is 3. The number of rotatable bonds is 2. The Morgan fingerprint density at radius 3 is 1.73 bits per heavy atom. The van der Waals surface area contributed by atoms with Crippen molar-refractivity contribution in [3.8, 4) is 51.7 Å². The van der Waals surface area contributed by atoms with Crippen molar-refractivity contribution in [2.45, 2.75) is 37.3 Å². The molecule has 0 amide bonds. The molecule has 0 radical (unpaired) electrons. The molecule has 4 aromatic carbocycles. The van der Waals surface area contributed by atoms with Crippen molar-refractivity contribution in [1.82, 2.24) is 0 Å². The van der Waals surface area contributed by atoms with Gasteiger partial charge in [0.2, 0.25) is 5.43 Å². The van der Waals surface area contributed by atoms with Crippen LogP contribution in [0, 0.1) is 0 Å². The van der Waals surface area contributed by atoms with E-state index in [1.165, 1.54) is 18.2 Å². The van der Waals surface area contributed by atoms with Crippen LogP contribution in [0.4, 0.5) is 0 Å². The van der Waals surface area contributed by atoms with Gasteiger partial charge < -0.3 is 55.4 Å². The van der Waals surface area contributed by atoms with Gasteiger partial charge in [0.05, 0.1) is 17.6 Å². The molecule has 2 heterocycles. The average molecular weight is 564 g/mol. The van der Waals surface area contributed by atoms with Gasteiger partial charge >= 0.3 is 0 Å². The second-order valence-electron chi connectivity index (χ2n) is 10.1. The normalized spacial score (nSPS) is 21.4. The second kappa shape index (κ2) is 9.25. The van der Waals surface area contributed by atoms with Crippen LogP contribution in [0.5, 0.6) is 51.7 Å². The predicted molar refractivity (Wildman–Crippen MR) is 141 cm³/mol. The van der Waals surface area contributed by atoms with Crippen LogP contribution in [0.1, 0.15) is 34.5 Å². The van der Waals surface area contributed by atoms with Crippen molar-refractivity contribution in [2.24, 2.45) is 0 Å². The highest BCUT2D eigenvalue weighted by Crippen LogP contribution is 2.47. The largest absolute Gasteiger partial charge is 0.508 e. The Balaban J connectivity index is 1.56. The van der Waals surface area contributed by atoms with Gasteiger partial charge in [0, 0.05) is 53.8 Å². The first kappa shape index (κ1) is 26.2. The molecule has 6 rings (SSSR count). The number of benzene rings is 3. The van der Waals surface area contributed by atoms with E-state index >= 15 is 0 Å². The van der Waals surface area contributed by atoms with Crippen LogP contribution in [0.15, 0.2) is 47.3 Å². The number of aromatic hydroxyl groups is 7. The Labute approximate surface area is 230 Å². The van der Waals surface area contributed by atoms with Gasteiger partial charge in [0.15, 0.2) is 23.4 Å². The SMILES string of the molecule is O=c1c(O)cc([C@H]2Oc3cc(O)cc(O)c3C[C@H]2O)cc2c([C@@H]3Oc4cc(O)cc(O)c4C[C@H]3O)cc(O)c(O)c12. The molecule has 212 valence electrons. The fraction of sp³-hybridized carbons (Fsp3) is 0.207. The Morgan fingerprint density at radius 2 is 1.15 bits per heavy atom. The monoisotopic (exact) mass is 564 g/mol.